The Morgan fingerprint density at radius 2 is 1.87 bits per heavy atom. The van der Waals surface area contributed by atoms with E-state index in [9.17, 15) is 22.0 Å². The van der Waals surface area contributed by atoms with Crippen LogP contribution in [0.1, 0.15) is 21.9 Å². The minimum absolute atomic E-state index is 0.0662. The monoisotopic (exact) mass is 473 g/mol. The number of fused-ring (bicyclic) bond motifs is 1. The molecule has 14 heteroatoms. The van der Waals surface area contributed by atoms with Crippen LogP contribution in [0.2, 0.25) is 0 Å². The van der Waals surface area contributed by atoms with Gasteiger partial charge >= 0.3 is 5.38 Å². The number of piperazine rings is 1. The van der Waals surface area contributed by atoms with E-state index in [0.29, 0.717) is 5.69 Å². The Morgan fingerprint density at radius 1 is 1.19 bits per heavy atom. The summed E-state index contributed by atoms with van der Waals surface area (Å²) in [5.74, 6) is -0.509. The Kier molecular flexibility index (Phi) is 5.22. The van der Waals surface area contributed by atoms with E-state index >= 15 is 0 Å². The van der Waals surface area contributed by atoms with Gasteiger partial charge in [0.15, 0.2) is 11.3 Å². The lowest BCUT2D eigenvalue weighted by Crippen LogP contribution is -2.50. The van der Waals surface area contributed by atoms with E-state index in [1.807, 2.05) is 0 Å². The standard InChI is InChI=1S/C17H18ClF2N7O3S/c1-11-7-14(17(18,19)20)27-15(22-11)8-13(23-27)16(28)25-3-5-26(6-4-25)31(29,30)12-9-21-24(2)10-12/h7-10H,3-6H2,1-2H3. The van der Waals surface area contributed by atoms with Crippen molar-refractivity contribution in [2.75, 3.05) is 26.2 Å². The van der Waals surface area contributed by atoms with E-state index in [1.165, 1.54) is 39.3 Å². The van der Waals surface area contributed by atoms with Crippen LogP contribution in [-0.2, 0) is 22.5 Å². The molecule has 10 nitrogen and oxygen atoms in total. The second-order valence-corrected chi connectivity index (χ2v) is 9.54. The second kappa shape index (κ2) is 7.50. The van der Waals surface area contributed by atoms with Crippen LogP contribution in [0.25, 0.3) is 5.65 Å². The van der Waals surface area contributed by atoms with Gasteiger partial charge in [0, 0.05) is 51.2 Å². The third kappa shape index (κ3) is 4.00. The smallest absolute Gasteiger partial charge is 0.335 e. The number of rotatable bonds is 4. The van der Waals surface area contributed by atoms with Crippen LogP contribution in [0.5, 0.6) is 0 Å². The van der Waals surface area contributed by atoms with Gasteiger partial charge in [0.2, 0.25) is 10.0 Å². The molecule has 1 aliphatic heterocycles. The quantitative estimate of drug-likeness (QED) is 0.527. The number of amides is 1. The van der Waals surface area contributed by atoms with Gasteiger partial charge in [-0.3, -0.25) is 9.48 Å². The number of sulfonamides is 1. The number of aryl methyl sites for hydroxylation is 2. The maximum atomic E-state index is 13.7. The number of carbonyl (C=O) groups is 1. The van der Waals surface area contributed by atoms with Crippen molar-refractivity contribution < 1.29 is 22.0 Å². The van der Waals surface area contributed by atoms with Crippen LogP contribution < -0.4 is 0 Å². The molecule has 166 valence electrons. The first kappa shape index (κ1) is 21.6. The molecule has 1 amide bonds. The average Bonchev–Trinajstić information content (AvgIpc) is 3.32. The summed E-state index contributed by atoms with van der Waals surface area (Å²) in [4.78, 5) is 18.5. The molecule has 3 aromatic heterocycles. The second-order valence-electron chi connectivity index (χ2n) is 7.13. The number of aromatic nitrogens is 5. The first-order chi connectivity index (χ1) is 14.5. The van der Waals surface area contributed by atoms with Crippen LogP contribution in [-0.4, -0.2) is 74.1 Å². The van der Waals surface area contributed by atoms with Gasteiger partial charge in [0.05, 0.1) is 6.20 Å². The van der Waals surface area contributed by atoms with E-state index in [4.69, 9.17) is 11.6 Å². The van der Waals surface area contributed by atoms with Gasteiger partial charge in [-0.05, 0) is 24.6 Å². The highest BCUT2D eigenvalue weighted by molar-refractivity contribution is 7.89. The fourth-order valence-corrected chi connectivity index (χ4v) is 4.92. The third-order valence-corrected chi connectivity index (χ3v) is 6.95. The van der Waals surface area contributed by atoms with Crippen molar-refractivity contribution in [2.24, 2.45) is 7.05 Å². The lowest BCUT2D eigenvalue weighted by Gasteiger charge is -2.33. The lowest BCUT2D eigenvalue weighted by molar-refractivity contribution is 0.0688. The Hall–Kier alpha value is -2.64. The van der Waals surface area contributed by atoms with Crippen molar-refractivity contribution >= 4 is 33.2 Å². The molecule has 0 N–H and O–H groups in total. The third-order valence-electron chi connectivity index (χ3n) is 4.91. The minimum Gasteiger partial charge on any atom is -0.335 e. The molecule has 1 aliphatic rings. The van der Waals surface area contributed by atoms with Crippen molar-refractivity contribution in [3.05, 3.63) is 41.6 Å². The molecule has 0 aromatic carbocycles. The van der Waals surface area contributed by atoms with Crippen molar-refractivity contribution in [1.29, 1.82) is 0 Å². The van der Waals surface area contributed by atoms with Crippen LogP contribution in [0.4, 0.5) is 8.78 Å². The molecule has 3 aromatic rings. The number of hydrogen-bond acceptors (Lipinski definition) is 6. The minimum atomic E-state index is -3.72. The van der Waals surface area contributed by atoms with Gasteiger partial charge < -0.3 is 4.90 Å². The molecule has 0 radical (unpaired) electrons. The van der Waals surface area contributed by atoms with Crippen LogP contribution in [0, 0.1) is 6.92 Å². The number of hydrogen-bond donors (Lipinski definition) is 0. The molecule has 1 fully saturated rings. The summed E-state index contributed by atoms with van der Waals surface area (Å²) < 4.78 is 56.4. The van der Waals surface area contributed by atoms with Gasteiger partial charge in [-0.2, -0.15) is 23.3 Å². The highest BCUT2D eigenvalue weighted by atomic mass is 35.5. The largest absolute Gasteiger partial charge is 0.364 e. The van der Waals surface area contributed by atoms with Gasteiger partial charge in [-0.1, -0.05) is 0 Å². The highest BCUT2D eigenvalue weighted by Crippen LogP contribution is 2.32. The molecule has 0 aliphatic carbocycles. The lowest BCUT2D eigenvalue weighted by atomic mass is 10.3. The summed E-state index contributed by atoms with van der Waals surface area (Å²) in [6, 6.07) is 2.41. The molecule has 0 bridgehead atoms. The Bertz CT molecular complexity index is 1260. The molecule has 0 unspecified atom stereocenters. The van der Waals surface area contributed by atoms with Crippen molar-refractivity contribution in [3.8, 4) is 0 Å². The molecule has 0 spiro atoms. The zero-order valence-electron chi connectivity index (χ0n) is 16.5. The first-order valence-corrected chi connectivity index (χ1v) is 11.0. The number of nitrogens with zero attached hydrogens (tertiary/aromatic N) is 7. The van der Waals surface area contributed by atoms with Gasteiger partial charge in [0.1, 0.15) is 10.6 Å². The summed E-state index contributed by atoms with van der Waals surface area (Å²) >= 11 is 5.17. The number of alkyl halides is 3. The average molecular weight is 474 g/mol. The number of carbonyl (C=O) groups excluding carboxylic acids is 1. The zero-order valence-corrected chi connectivity index (χ0v) is 18.1. The zero-order chi connectivity index (χ0) is 22.6. The number of halogens is 3. The first-order valence-electron chi connectivity index (χ1n) is 9.19. The fraction of sp³-hybridized carbons (Fsp3) is 0.412. The predicted octanol–water partition coefficient (Wildman–Crippen LogP) is 1.21. The molecular formula is C17H18ClF2N7O3S. The van der Waals surface area contributed by atoms with Gasteiger partial charge in [-0.25, -0.2) is 17.9 Å². The van der Waals surface area contributed by atoms with E-state index in [2.05, 4.69) is 15.2 Å². The van der Waals surface area contributed by atoms with Crippen molar-refractivity contribution in [3.63, 3.8) is 0 Å². The van der Waals surface area contributed by atoms with Gasteiger partial charge in [0.25, 0.3) is 5.91 Å². The summed E-state index contributed by atoms with van der Waals surface area (Å²) in [5.41, 5.74) is -0.306. The van der Waals surface area contributed by atoms with E-state index in [0.717, 1.165) is 10.6 Å². The SMILES string of the molecule is Cc1cc(C(F)(F)Cl)n2nc(C(=O)N3CCN(S(=O)(=O)c4cnn(C)c4)CC3)cc2n1. The Balaban J connectivity index is 1.53. The van der Waals surface area contributed by atoms with E-state index < -0.39 is 27.0 Å². The molecule has 4 rings (SSSR count). The van der Waals surface area contributed by atoms with Crippen LogP contribution >= 0.6 is 11.6 Å². The summed E-state index contributed by atoms with van der Waals surface area (Å²) in [6.07, 6.45) is 2.67. The van der Waals surface area contributed by atoms with E-state index in [-0.39, 0.29) is 42.4 Å². The van der Waals surface area contributed by atoms with Crippen molar-refractivity contribution in [1.82, 2.24) is 33.6 Å². The summed E-state index contributed by atoms with van der Waals surface area (Å²) in [7, 11) is -2.10. The molecule has 4 heterocycles. The van der Waals surface area contributed by atoms with E-state index in [1.54, 1.807) is 7.05 Å². The molecule has 1 saturated heterocycles. The Morgan fingerprint density at radius 3 is 2.45 bits per heavy atom. The maximum Gasteiger partial charge on any atom is 0.364 e. The topological polar surface area (TPSA) is 106 Å². The summed E-state index contributed by atoms with van der Waals surface area (Å²) in [5, 5.41) is 4.16. The van der Waals surface area contributed by atoms with Crippen molar-refractivity contribution in [2.45, 2.75) is 17.2 Å². The van der Waals surface area contributed by atoms with Crippen LogP contribution in [0.15, 0.2) is 29.4 Å². The molecule has 31 heavy (non-hydrogen) atoms. The highest BCUT2D eigenvalue weighted by Gasteiger charge is 2.34. The maximum absolute atomic E-state index is 13.7. The Labute approximate surface area is 181 Å². The predicted molar refractivity (Wildman–Crippen MR) is 105 cm³/mol. The van der Waals surface area contributed by atoms with Gasteiger partial charge in [-0.15, -0.1) is 0 Å². The normalized spacial score (nSPS) is 16.2. The fourth-order valence-electron chi connectivity index (χ4n) is 3.38. The van der Waals surface area contributed by atoms with Crippen LogP contribution in [0.3, 0.4) is 0 Å². The molecule has 0 saturated carbocycles. The molecular weight excluding hydrogens is 456 g/mol. The molecule has 0 atom stereocenters. The summed E-state index contributed by atoms with van der Waals surface area (Å²) in [6.45, 7) is 1.94.